The number of urea groups is 1. The molecule has 1 aliphatic rings. The molecule has 0 saturated heterocycles. The second-order valence-corrected chi connectivity index (χ2v) is 6.90. The number of aliphatic hydroxyl groups is 1. The maximum Gasteiger partial charge on any atom is 0.315 e. The molecule has 3 rings (SSSR count). The monoisotopic (exact) mass is 331 g/mol. The topological polar surface area (TPSA) is 74.2 Å². The van der Waals surface area contributed by atoms with Crippen LogP contribution in [0.1, 0.15) is 30.7 Å². The summed E-state index contributed by atoms with van der Waals surface area (Å²) in [5, 5.41) is 18.6. The van der Waals surface area contributed by atoms with E-state index in [1.165, 1.54) is 11.3 Å². The van der Waals surface area contributed by atoms with Crippen LogP contribution in [0.3, 0.4) is 0 Å². The van der Waals surface area contributed by atoms with Crippen LogP contribution >= 0.6 is 11.3 Å². The summed E-state index contributed by atoms with van der Waals surface area (Å²) in [7, 11) is 0. The maximum absolute atomic E-state index is 11.8. The number of carbonyl (C=O) groups is 1. The fourth-order valence-corrected chi connectivity index (χ4v) is 3.55. The molecule has 1 fully saturated rings. The SMILES string of the molecule is O=C(NCc1nc(-c2ccccc2)cs1)NCC1(O)CCCC1. The molecule has 0 bridgehead atoms. The summed E-state index contributed by atoms with van der Waals surface area (Å²) < 4.78 is 0. The van der Waals surface area contributed by atoms with Gasteiger partial charge in [-0.05, 0) is 12.8 Å². The molecule has 2 aromatic rings. The molecule has 2 amide bonds. The number of carbonyl (C=O) groups excluding carboxylic acids is 1. The standard InChI is InChI=1S/C17H21N3O2S/c21-16(19-12-17(22)8-4-5-9-17)18-10-15-20-14(11-23-15)13-6-2-1-3-7-13/h1-3,6-7,11,22H,4-5,8-10,12H2,(H2,18,19,21). The van der Waals surface area contributed by atoms with Gasteiger partial charge in [0, 0.05) is 17.5 Å². The van der Waals surface area contributed by atoms with Gasteiger partial charge >= 0.3 is 6.03 Å². The van der Waals surface area contributed by atoms with Crippen molar-refractivity contribution >= 4 is 17.4 Å². The first-order valence-electron chi connectivity index (χ1n) is 7.89. The van der Waals surface area contributed by atoms with Crippen molar-refractivity contribution in [2.24, 2.45) is 0 Å². The smallest absolute Gasteiger partial charge is 0.315 e. The summed E-state index contributed by atoms with van der Waals surface area (Å²) in [5.41, 5.74) is 1.27. The highest BCUT2D eigenvalue weighted by atomic mass is 32.1. The van der Waals surface area contributed by atoms with Crippen LogP contribution in [0.15, 0.2) is 35.7 Å². The van der Waals surface area contributed by atoms with Gasteiger partial charge in [-0.25, -0.2) is 9.78 Å². The summed E-state index contributed by atoms with van der Waals surface area (Å²) in [4.78, 5) is 16.4. The van der Waals surface area contributed by atoms with E-state index >= 15 is 0 Å². The molecule has 122 valence electrons. The predicted molar refractivity (Wildman–Crippen MR) is 91.2 cm³/mol. The Balaban J connectivity index is 1.47. The van der Waals surface area contributed by atoms with E-state index in [0.29, 0.717) is 13.1 Å². The Morgan fingerprint density at radius 3 is 2.70 bits per heavy atom. The van der Waals surface area contributed by atoms with Gasteiger partial charge in [-0.3, -0.25) is 0 Å². The number of amides is 2. The van der Waals surface area contributed by atoms with E-state index in [9.17, 15) is 9.90 Å². The molecule has 0 atom stereocenters. The fourth-order valence-electron chi connectivity index (χ4n) is 2.81. The van der Waals surface area contributed by atoms with E-state index < -0.39 is 5.60 Å². The molecule has 3 N–H and O–H groups in total. The molecular formula is C17H21N3O2S. The van der Waals surface area contributed by atoms with Crippen molar-refractivity contribution in [3.8, 4) is 11.3 Å². The van der Waals surface area contributed by atoms with Crippen LogP contribution in [0.25, 0.3) is 11.3 Å². The second-order valence-electron chi connectivity index (χ2n) is 5.96. The van der Waals surface area contributed by atoms with E-state index in [1.807, 2.05) is 35.7 Å². The van der Waals surface area contributed by atoms with E-state index in [4.69, 9.17) is 0 Å². The van der Waals surface area contributed by atoms with Gasteiger partial charge < -0.3 is 15.7 Å². The van der Waals surface area contributed by atoms with Gasteiger partial charge in [0.05, 0.1) is 17.8 Å². The summed E-state index contributed by atoms with van der Waals surface area (Å²) in [6, 6.07) is 9.70. The van der Waals surface area contributed by atoms with Crippen molar-refractivity contribution in [3.05, 3.63) is 40.7 Å². The van der Waals surface area contributed by atoms with Crippen LogP contribution in [0.2, 0.25) is 0 Å². The zero-order valence-electron chi connectivity index (χ0n) is 12.9. The molecule has 1 aromatic carbocycles. The van der Waals surface area contributed by atoms with Crippen LogP contribution in [0.5, 0.6) is 0 Å². The fraction of sp³-hybridized carbons (Fsp3) is 0.412. The lowest BCUT2D eigenvalue weighted by Crippen LogP contribution is -2.44. The number of thiazole rings is 1. The highest BCUT2D eigenvalue weighted by Gasteiger charge is 2.31. The van der Waals surface area contributed by atoms with Crippen LogP contribution in [-0.4, -0.2) is 28.3 Å². The molecule has 1 aromatic heterocycles. The Morgan fingerprint density at radius 2 is 1.96 bits per heavy atom. The van der Waals surface area contributed by atoms with Crippen LogP contribution in [-0.2, 0) is 6.54 Å². The van der Waals surface area contributed by atoms with Gasteiger partial charge in [0.15, 0.2) is 0 Å². The lowest BCUT2D eigenvalue weighted by atomic mass is 10.0. The van der Waals surface area contributed by atoms with Gasteiger partial charge in [-0.1, -0.05) is 43.2 Å². The lowest BCUT2D eigenvalue weighted by Gasteiger charge is -2.22. The highest BCUT2D eigenvalue weighted by Crippen LogP contribution is 2.28. The van der Waals surface area contributed by atoms with Crippen molar-refractivity contribution in [3.63, 3.8) is 0 Å². The third kappa shape index (κ3) is 4.30. The van der Waals surface area contributed by atoms with Crippen LogP contribution in [0, 0.1) is 0 Å². The Bertz CT molecular complexity index is 651. The average Bonchev–Trinajstić information content (AvgIpc) is 3.22. The molecule has 0 spiro atoms. The summed E-state index contributed by atoms with van der Waals surface area (Å²) in [5.74, 6) is 0. The van der Waals surface area contributed by atoms with E-state index in [1.54, 1.807) is 0 Å². The predicted octanol–water partition coefficient (Wildman–Crippen LogP) is 2.91. The van der Waals surface area contributed by atoms with Crippen molar-refractivity contribution < 1.29 is 9.90 Å². The van der Waals surface area contributed by atoms with E-state index in [-0.39, 0.29) is 6.03 Å². The minimum Gasteiger partial charge on any atom is -0.388 e. The Kier molecular flexibility index (Phi) is 4.93. The molecule has 0 unspecified atom stereocenters. The molecule has 5 nitrogen and oxygen atoms in total. The molecule has 0 aliphatic heterocycles. The average molecular weight is 331 g/mol. The zero-order valence-corrected chi connectivity index (χ0v) is 13.7. The van der Waals surface area contributed by atoms with Crippen molar-refractivity contribution in [1.29, 1.82) is 0 Å². The Labute approximate surface area is 139 Å². The number of benzene rings is 1. The third-order valence-electron chi connectivity index (χ3n) is 4.13. The molecule has 6 heteroatoms. The lowest BCUT2D eigenvalue weighted by molar-refractivity contribution is 0.0501. The quantitative estimate of drug-likeness (QED) is 0.788. The van der Waals surface area contributed by atoms with Crippen LogP contribution in [0.4, 0.5) is 4.79 Å². The summed E-state index contributed by atoms with van der Waals surface area (Å²) in [6.45, 7) is 0.702. The van der Waals surface area contributed by atoms with Gasteiger partial charge in [-0.15, -0.1) is 11.3 Å². The number of nitrogens with zero attached hydrogens (tertiary/aromatic N) is 1. The second kappa shape index (κ2) is 7.10. The maximum atomic E-state index is 11.8. The number of nitrogens with one attached hydrogen (secondary N) is 2. The van der Waals surface area contributed by atoms with Gasteiger partial charge in [0.1, 0.15) is 5.01 Å². The van der Waals surface area contributed by atoms with Gasteiger partial charge in [0.25, 0.3) is 0 Å². The number of aromatic nitrogens is 1. The number of rotatable bonds is 5. The first-order valence-corrected chi connectivity index (χ1v) is 8.77. The molecule has 0 radical (unpaired) electrons. The molecular weight excluding hydrogens is 310 g/mol. The Morgan fingerprint density at radius 1 is 1.22 bits per heavy atom. The van der Waals surface area contributed by atoms with Crippen LogP contribution < -0.4 is 10.6 Å². The molecule has 1 heterocycles. The van der Waals surface area contributed by atoms with Crippen molar-refractivity contribution in [1.82, 2.24) is 15.6 Å². The minimum absolute atomic E-state index is 0.262. The van der Waals surface area contributed by atoms with E-state index in [2.05, 4.69) is 15.6 Å². The molecule has 23 heavy (non-hydrogen) atoms. The van der Waals surface area contributed by atoms with Crippen molar-refractivity contribution in [2.45, 2.75) is 37.8 Å². The Hall–Kier alpha value is -1.92. The summed E-state index contributed by atoms with van der Waals surface area (Å²) in [6.07, 6.45) is 3.59. The minimum atomic E-state index is -0.723. The summed E-state index contributed by atoms with van der Waals surface area (Å²) >= 11 is 1.53. The third-order valence-corrected chi connectivity index (χ3v) is 4.98. The molecule has 1 aliphatic carbocycles. The highest BCUT2D eigenvalue weighted by molar-refractivity contribution is 7.09. The largest absolute Gasteiger partial charge is 0.388 e. The first-order chi connectivity index (χ1) is 11.1. The molecule has 1 saturated carbocycles. The van der Waals surface area contributed by atoms with E-state index in [0.717, 1.165) is 41.9 Å². The number of hydrogen-bond acceptors (Lipinski definition) is 4. The van der Waals surface area contributed by atoms with Gasteiger partial charge in [-0.2, -0.15) is 0 Å². The normalized spacial score (nSPS) is 16.2. The zero-order chi connectivity index (χ0) is 16.1. The number of hydrogen-bond donors (Lipinski definition) is 3. The van der Waals surface area contributed by atoms with Gasteiger partial charge in [0.2, 0.25) is 0 Å². The first kappa shape index (κ1) is 16.0. The van der Waals surface area contributed by atoms with Crippen molar-refractivity contribution in [2.75, 3.05) is 6.54 Å².